The van der Waals surface area contributed by atoms with Crippen molar-refractivity contribution in [1.29, 1.82) is 0 Å². The standard InChI is InChI=1S/C12H23NO3S2/c1-5-18(15,16)11-8-17-7-6-13(11)9-12(3,4)10(2)14/h11H,5-9H2,1-4H3. The highest BCUT2D eigenvalue weighted by Gasteiger charge is 2.37. The summed E-state index contributed by atoms with van der Waals surface area (Å²) in [5.41, 5.74) is -0.483. The van der Waals surface area contributed by atoms with Crippen molar-refractivity contribution in [2.24, 2.45) is 5.41 Å². The van der Waals surface area contributed by atoms with Gasteiger partial charge in [0, 0.05) is 35.8 Å². The maximum atomic E-state index is 12.1. The molecule has 18 heavy (non-hydrogen) atoms. The Hall–Kier alpha value is -0.0700. The quantitative estimate of drug-likeness (QED) is 0.767. The zero-order valence-electron chi connectivity index (χ0n) is 11.6. The van der Waals surface area contributed by atoms with Gasteiger partial charge in [-0.1, -0.05) is 20.8 Å². The Kier molecular flexibility index (Phi) is 5.26. The van der Waals surface area contributed by atoms with Crippen LogP contribution >= 0.6 is 11.8 Å². The van der Waals surface area contributed by atoms with Gasteiger partial charge in [0.1, 0.15) is 11.2 Å². The van der Waals surface area contributed by atoms with Crippen LogP contribution in [0.4, 0.5) is 0 Å². The number of thioether (sulfide) groups is 1. The zero-order valence-corrected chi connectivity index (χ0v) is 13.2. The second-order valence-electron chi connectivity index (χ2n) is 5.39. The minimum atomic E-state index is -3.07. The number of Topliss-reactive ketones (excluding diaryl/α,β-unsaturated/α-hetero) is 1. The molecule has 0 saturated carbocycles. The molecule has 1 heterocycles. The molecular formula is C12H23NO3S2. The summed E-state index contributed by atoms with van der Waals surface area (Å²) < 4.78 is 24.2. The average Bonchev–Trinajstić information content (AvgIpc) is 2.29. The first kappa shape index (κ1) is 16.0. The monoisotopic (exact) mass is 293 g/mol. The van der Waals surface area contributed by atoms with Crippen LogP contribution in [0.15, 0.2) is 0 Å². The normalized spacial score (nSPS) is 23.0. The van der Waals surface area contributed by atoms with Gasteiger partial charge in [0.25, 0.3) is 0 Å². The maximum absolute atomic E-state index is 12.1. The van der Waals surface area contributed by atoms with Crippen molar-refractivity contribution in [3.05, 3.63) is 0 Å². The Labute approximate surface area is 114 Å². The number of hydrogen-bond donors (Lipinski definition) is 0. The maximum Gasteiger partial charge on any atom is 0.166 e. The Bertz CT molecular complexity index is 404. The van der Waals surface area contributed by atoms with Gasteiger partial charge in [0.2, 0.25) is 0 Å². The lowest BCUT2D eigenvalue weighted by Crippen LogP contribution is -2.52. The second kappa shape index (κ2) is 5.92. The van der Waals surface area contributed by atoms with Crippen LogP contribution in [0.25, 0.3) is 0 Å². The lowest BCUT2D eigenvalue weighted by atomic mass is 9.88. The van der Waals surface area contributed by atoms with E-state index < -0.39 is 20.6 Å². The first-order chi connectivity index (χ1) is 8.20. The smallest absolute Gasteiger partial charge is 0.166 e. The van der Waals surface area contributed by atoms with E-state index in [4.69, 9.17) is 0 Å². The van der Waals surface area contributed by atoms with E-state index in [-0.39, 0.29) is 11.5 Å². The van der Waals surface area contributed by atoms with Gasteiger partial charge in [-0.2, -0.15) is 11.8 Å². The van der Waals surface area contributed by atoms with Crippen LogP contribution < -0.4 is 0 Å². The van der Waals surface area contributed by atoms with Crippen molar-refractivity contribution in [3.63, 3.8) is 0 Å². The number of rotatable bonds is 5. The Balaban J connectivity index is 2.88. The lowest BCUT2D eigenvalue weighted by Gasteiger charge is -2.38. The molecule has 1 unspecified atom stereocenters. The van der Waals surface area contributed by atoms with Crippen LogP contribution in [0.3, 0.4) is 0 Å². The van der Waals surface area contributed by atoms with E-state index in [1.165, 1.54) is 0 Å². The molecule has 1 saturated heterocycles. The minimum Gasteiger partial charge on any atom is -0.299 e. The van der Waals surface area contributed by atoms with E-state index in [2.05, 4.69) is 0 Å². The van der Waals surface area contributed by atoms with Crippen molar-refractivity contribution in [2.75, 3.05) is 30.3 Å². The average molecular weight is 293 g/mol. The lowest BCUT2D eigenvalue weighted by molar-refractivity contribution is -0.125. The van der Waals surface area contributed by atoms with Crippen LogP contribution in [-0.2, 0) is 14.6 Å². The molecule has 1 aliphatic heterocycles. The summed E-state index contributed by atoms with van der Waals surface area (Å²) in [6.07, 6.45) is 0. The zero-order chi connectivity index (χ0) is 14.0. The van der Waals surface area contributed by atoms with Gasteiger partial charge in [0.05, 0.1) is 0 Å². The number of nitrogens with zero attached hydrogens (tertiary/aromatic N) is 1. The van der Waals surface area contributed by atoms with Crippen molar-refractivity contribution >= 4 is 27.4 Å². The summed E-state index contributed by atoms with van der Waals surface area (Å²) >= 11 is 1.68. The van der Waals surface area contributed by atoms with Crippen LogP contribution in [0.1, 0.15) is 27.7 Å². The van der Waals surface area contributed by atoms with Gasteiger partial charge in [-0.05, 0) is 6.92 Å². The topological polar surface area (TPSA) is 54.5 Å². The fraction of sp³-hybridized carbons (Fsp3) is 0.917. The number of hydrogen-bond acceptors (Lipinski definition) is 5. The molecule has 0 amide bonds. The van der Waals surface area contributed by atoms with Crippen LogP contribution in [0.2, 0.25) is 0 Å². The highest BCUT2D eigenvalue weighted by molar-refractivity contribution is 8.01. The number of carbonyl (C=O) groups is 1. The van der Waals surface area contributed by atoms with E-state index in [9.17, 15) is 13.2 Å². The molecule has 6 heteroatoms. The van der Waals surface area contributed by atoms with Crippen LogP contribution in [0, 0.1) is 5.41 Å². The van der Waals surface area contributed by atoms with Gasteiger partial charge in [-0.3, -0.25) is 9.69 Å². The molecule has 0 spiro atoms. The molecule has 0 aromatic heterocycles. The van der Waals surface area contributed by atoms with Gasteiger partial charge in [0.15, 0.2) is 9.84 Å². The Morgan fingerprint density at radius 2 is 2.06 bits per heavy atom. The predicted molar refractivity (Wildman–Crippen MR) is 76.6 cm³/mol. The van der Waals surface area contributed by atoms with Crippen molar-refractivity contribution < 1.29 is 13.2 Å². The van der Waals surface area contributed by atoms with Crippen molar-refractivity contribution in [2.45, 2.75) is 33.1 Å². The summed E-state index contributed by atoms with van der Waals surface area (Å²) in [4.78, 5) is 13.6. The number of sulfone groups is 1. The first-order valence-corrected chi connectivity index (χ1v) is 9.12. The van der Waals surface area contributed by atoms with Gasteiger partial charge in [-0.25, -0.2) is 8.42 Å². The summed E-state index contributed by atoms with van der Waals surface area (Å²) in [5.74, 6) is 1.82. The third kappa shape index (κ3) is 3.71. The van der Waals surface area contributed by atoms with Crippen LogP contribution in [0.5, 0.6) is 0 Å². The van der Waals surface area contributed by atoms with E-state index >= 15 is 0 Å². The minimum absolute atomic E-state index is 0.105. The third-order valence-electron chi connectivity index (χ3n) is 3.56. The van der Waals surface area contributed by atoms with E-state index in [0.717, 1.165) is 12.3 Å². The van der Waals surface area contributed by atoms with E-state index in [1.54, 1.807) is 25.6 Å². The Morgan fingerprint density at radius 1 is 1.44 bits per heavy atom. The van der Waals surface area contributed by atoms with Gasteiger partial charge < -0.3 is 0 Å². The van der Waals surface area contributed by atoms with Gasteiger partial charge >= 0.3 is 0 Å². The van der Waals surface area contributed by atoms with E-state index in [1.807, 2.05) is 18.7 Å². The molecule has 0 aromatic rings. The second-order valence-corrected chi connectivity index (χ2v) is 8.99. The molecule has 0 radical (unpaired) electrons. The highest BCUT2D eigenvalue weighted by atomic mass is 32.2. The van der Waals surface area contributed by atoms with Crippen molar-refractivity contribution in [3.8, 4) is 0 Å². The molecule has 0 aromatic carbocycles. The molecular weight excluding hydrogens is 270 g/mol. The number of ketones is 1. The fourth-order valence-electron chi connectivity index (χ4n) is 1.94. The molecule has 1 rings (SSSR count). The highest BCUT2D eigenvalue weighted by Crippen LogP contribution is 2.26. The molecule has 1 fully saturated rings. The Morgan fingerprint density at radius 3 is 2.56 bits per heavy atom. The first-order valence-electron chi connectivity index (χ1n) is 6.25. The third-order valence-corrected chi connectivity index (χ3v) is 6.89. The molecule has 4 nitrogen and oxygen atoms in total. The molecule has 1 aliphatic rings. The van der Waals surface area contributed by atoms with Gasteiger partial charge in [-0.15, -0.1) is 0 Å². The molecule has 0 N–H and O–H groups in total. The molecule has 1 atom stereocenters. The molecule has 0 aliphatic carbocycles. The predicted octanol–water partition coefficient (Wildman–Crippen LogP) is 1.41. The van der Waals surface area contributed by atoms with Crippen molar-refractivity contribution in [1.82, 2.24) is 4.90 Å². The largest absolute Gasteiger partial charge is 0.299 e. The molecule has 106 valence electrons. The van der Waals surface area contributed by atoms with E-state index in [0.29, 0.717) is 12.3 Å². The summed E-state index contributed by atoms with van der Waals surface area (Å²) in [5, 5.41) is -0.431. The molecule has 0 bridgehead atoms. The number of carbonyl (C=O) groups excluding carboxylic acids is 1. The summed E-state index contributed by atoms with van der Waals surface area (Å²) in [7, 11) is -3.07. The van der Waals surface area contributed by atoms with Crippen LogP contribution in [-0.4, -0.2) is 54.8 Å². The summed E-state index contributed by atoms with van der Waals surface area (Å²) in [6.45, 7) is 8.28. The summed E-state index contributed by atoms with van der Waals surface area (Å²) in [6, 6.07) is 0. The fourth-order valence-corrected chi connectivity index (χ4v) is 5.02. The SMILES string of the molecule is CCS(=O)(=O)C1CSCCN1CC(C)(C)C(C)=O.